The van der Waals surface area contributed by atoms with Crippen molar-refractivity contribution in [2.45, 2.75) is 11.3 Å². The van der Waals surface area contributed by atoms with Crippen LogP contribution in [0.1, 0.15) is 6.42 Å². The summed E-state index contributed by atoms with van der Waals surface area (Å²) in [6, 6.07) is 4.53. The van der Waals surface area contributed by atoms with Crippen molar-refractivity contribution in [3.63, 3.8) is 0 Å². The highest BCUT2D eigenvalue weighted by Gasteiger charge is 2.17. The minimum Gasteiger partial charge on any atom is -0.491 e. The van der Waals surface area contributed by atoms with Crippen molar-refractivity contribution in [1.29, 1.82) is 0 Å². The second-order valence-corrected chi connectivity index (χ2v) is 6.53. The lowest BCUT2D eigenvalue weighted by Crippen LogP contribution is -2.12. The van der Waals surface area contributed by atoms with E-state index in [0.29, 0.717) is 30.6 Å². The van der Waals surface area contributed by atoms with Gasteiger partial charge in [-0.2, -0.15) is 0 Å². The van der Waals surface area contributed by atoms with Crippen LogP contribution in [-0.4, -0.2) is 34.5 Å². The first-order valence-corrected chi connectivity index (χ1v) is 7.66. The van der Waals surface area contributed by atoms with Gasteiger partial charge in [0.1, 0.15) is 5.75 Å². The first-order chi connectivity index (χ1) is 8.47. The zero-order valence-electron chi connectivity index (χ0n) is 10.3. The van der Waals surface area contributed by atoms with Gasteiger partial charge in [0.2, 0.25) is 0 Å². The van der Waals surface area contributed by atoms with E-state index in [-0.39, 0.29) is 4.90 Å². The van der Waals surface area contributed by atoms with Gasteiger partial charge in [0.25, 0.3) is 0 Å². The molecular formula is C12H17NO4S. The molecule has 1 aromatic carbocycles. The molecule has 0 aliphatic carbocycles. The van der Waals surface area contributed by atoms with Crippen LogP contribution in [0.2, 0.25) is 0 Å². The summed E-state index contributed by atoms with van der Waals surface area (Å²) < 4.78 is 33.5. The van der Waals surface area contributed by atoms with Gasteiger partial charge in [0, 0.05) is 18.8 Å². The van der Waals surface area contributed by atoms with Crippen LogP contribution in [-0.2, 0) is 14.6 Å². The van der Waals surface area contributed by atoms with E-state index < -0.39 is 9.84 Å². The van der Waals surface area contributed by atoms with Gasteiger partial charge >= 0.3 is 0 Å². The Labute approximate surface area is 107 Å². The molecular weight excluding hydrogens is 254 g/mol. The smallest absolute Gasteiger partial charge is 0.175 e. The third kappa shape index (κ3) is 3.14. The average molecular weight is 271 g/mol. The molecule has 1 atom stereocenters. The van der Waals surface area contributed by atoms with Gasteiger partial charge in [0.05, 0.1) is 23.8 Å². The molecule has 0 saturated carbocycles. The van der Waals surface area contributed by atoms with E-state index in [9.17, 15) is 8.42 Å². The summed E-state index contributed by atoms with van der Waals surface area (Å²) in [5.74, 6) is 0.910. The van der Waals surface area contributed by atoms with Gasteiger partial charge in [-0.15, -0.1) is 0 Å². The number of nitrogen functional groups attached to an aromatic ring is 1. The van der Waals surface area contributed by atoms with Crippen LogP contribution in [0.5, 0.6) is 5.75 Å². The maximum absolute atomic E-state index is 11.4. The van der Waals surface area contributed by atoms with E-state index >= 15 is 0 Å². The number of ether oxygens (including phenoxy) is 2. The molecule has 2 N–H and O–H groups in total. The molecule has 5 nitrogen and oxygen atoms in total. The normalized spacial score (nSPS) is 19.9. The molecule has 1 saturated heterocycles. The lowest BCUT2D eigenvalue weighted by atomic mass is 10.1. The number of sulfone groups is 1. The molecule has 1 heterocycles. The Bertz CT molecular complexity index is 521. The van der Waals surface area contributed by atoms with Crippen molar-refractivity contribution in [2.24, 2.45) is 5.92 Å². The quantitative estimate of drug-likeness (QED) is 0.829. The predicted octanol–water partition coefficient (Wildman–Crippen LogP) is 1.09. The summed E-state index contributed by atoms with van der Waals surface area (Å²) in [6.07, 6.45) is 2.14. The van der Waals surface area contributed by atoms with Gasteiger partial charge in [-0.25, -0.2) is 8.42 Å². The molecule has 0 radical (unpaired) electrons. The fraction of sp³-hybridized carbons (Fsp3) is 0.500. The molecule has 0 bridgehead atoms. The Hall–Kier alpha value is -1.27. The Balaban J connectivity index is 2.05. The minimum atomic E-state index is -3.23. The van der Waals surface area contributed by atoms with Crippen molar-refractivity contribution < 1.29 is 17.9 Å². The fourth-order valence-electron chi connectivity index (χ4n) is 1.81. The highest BCUT2D eigenvalue weighted by Crippen LogP contribution is 2.26. The Morgan fingerprint density at radius 1 is 1.50 bits per heavy atom. The summed E-state index contributed by atoms with van der Waals surface area (Å²) in [5, 5.41) is 0. The summed E-state index contributed by atoms with van der Waals surface area (Å²) in [5.41, 5.74) is 6.13. The van der Waals surface area contributed by atoms with Crippen molar-refractivity contribution in [3.05, 3.63) is 18.2 Å². The second-order valence-electron chi connectivity index (χ2n) is 4.51. The van der Waals surface area contributed by atoms with Crippen molar-refractivity contribution in [1.82, 2.24) is 0 Å². The number of benzene rings is 1. The second kappa shape index (κ2) is 5.16. The molecule has 18 heavy (non-hydrogen) atoms. The number of hydrogen-bond acceptors (Lipinski definition) is 5. The third-order valence-corrected chi connectivity index (χ3v) is 4.02. The minimum absolute atomic E-state index is 0.205. The molecule has 6 heteroatoms. The number of rotatable bonds is 4. The molecule has 1 fully saturated rings. The highest BCUT2D eigenvalue weighted by molar-refractivity contribution is 7.90. The zero-order valence-corrected chi connectivity index (χ0v) is 11.1. The van der Waals surface area contributed by atoms with Crippen molar-refractivity contribution in [3.8, 4) is 5.75 Å². The molecule has 2 rings (SSSR count). The van der Waals surface area contributed by atoms with Crippen LogP contribution in [0.4, 0.5) is 5.69 Å². The molecule has 0 aromatic heterocycles. The summed E-state index contributed by atoms with van der Waals surface area (Å²) in [6.45, 7) is 2.03. The van der Waals surface area contributed by atoms with E-state index in [1.54, 1.807) is 6.07 Å². The lowest BCUT2D eigenvalue weighted by Gasteiger charge is -2.12. The van der Waals surface area contributed by atoms with E-state index in [2.05, 4.69) is 0 Å². The predicted molar refractivity (Wildman–Crippen MR) is 68.4 cm³/mol. The van der Waals surface area contributed by atoms with E-state index in [1.807, 2.05) is 0 Å². The first-order valence-electron chi connectivity index (χ1n) is 5.77. The van der Waals surface area contributed by atoms with Crippen molar-refractivity contribution in [2.75, 3.05) is 31.8 Å². The summed E-state index contributed by atoms with van der Waals surface area (Å²) >= 11 is 0. The van der Waals surface area contributed by atoms with E-state index in [1.165, 1.54) is 12.1 Å². The zero-order chi connectivity index (χ0) is 13.2. The maximum Gasteiger partial charge on any atom is 0.175 e. The average Bonchev–Trinajstić information content (AvgIpc) is 2.79. The van der Waals surface area contributed by atoms with Gasteiger partial charge in [-0.05, 0) is 24.6 Å². The van der Waals surface area contributed by atoms with E-state index in [0.717, 1.165) is 19.3 Å². The molecule has 1 unspecified atom stereocenters. The molecule has 1 aliphatic rings. The monoisotopic (exact) mass is 271 g/mol. The van der Waals surface area contributed by atoms with Gasteiger partial charge in [0.15, 0.2) is 9.84 Å². The molecule has 0 amide bonds. The van der Waals surface area contributed by atoms with Crippen LogP contribution in [0, 0.1) is 5.92 Å². The molecule has 0 spiro atoms. The SMILES string of the molecule is CS(=O)(=O)c1ccc(OCC2CCOC2)c(N)c1. The molecule has 1 aromatic rings. The highest BCUT2D eigenvalue weighted by atomic mass is 32.2. The maximum atomic E-state index is 11.4. The fourth-order valence-corrected chi connectivity index (χ4v) is 2.47. The summed E-state index contributed by atoms with van der Waals surface area (Å²) in [7, 11) is -3.23. The summed E-state index contributed by atoms with van der Waals surface area (Å²) in [4.78, 5) is 0.205. The lowest BCUT2D eigenvalue weighted by molar-refractivity contribution is 0.167. The largest absolute Gasteiger partial charge is 0.491 e. The number of anilines is 1. The first kappa shape index (κ1) is 13.2. The van der Waals surface area contributed by atoms with Crippen molar-refractivity contribution >= 4 is 15.5 Å². The van der Waals surface area contributed by atoms with Gasteiger partial charge in [-0.1, -0.05) is 0 Å². The topological polar surface area (TPSA) is 78.6 Å². The standard InChI is InChI=1S/C12H17NO4S/c1-18(14,15)10-2-3-12(11(13)6-10)17-8-9-4-5-16-7-9/h2-3,6,9H,4-5,7-8,13H2,1H3. The third-order valence-electron chi connectivity index (χ3n) is 2.91. The van der Waals surface area contributed by atoms with Crippen LogP contribution < -0.4 is 10.5 Å². The van der Waals surface area contributed by atoms with Crippen LogP contribution in [0.15, 0.2) is 23.1 Å². The Kier molecular flexibility index (Phi) is 3.77. The van der Waals surface area contributed by atoms with E-state index in [4.69, 9.17) is 15.2 Å². The van der Waals surface area contributed by atoms with Crippen LogP contribution in [0.3, 0.4) is 0 Å². The number of nitrogens with two attached hydrogens (primary N) is 1. The number of hydrogen-bond donors (Lipinski definition) is 1. The Morgan fingerprint density at radius 3 is 2.83 bits per heavy atom. The molecule has 100 valence electrons. The van der Waals surface area contributed by atoms with Crippen LogP contribution in [0.25, 0.3) is 0 Å². The van der Waals surface area contributed by atoms with Gasteiger partial charge in [-0.3, -0.25) is 0 Å². The van der Waals surface area contributed by atoms with Gasteiger partial charge < -0.3 is 15.2 Å². The molecule has 1 aliphatic heterocycles. The van der Waals surface area contributed by atoms with Crippen LogP contribution >= 0.6 is 0 Å². The Morgan fingerprint density at radius 2 is 2.28 bits per heavy atom.